The Hall–Kier alpha value is -1.31. The lowest BCUT2D eigenvalue weighted by Gasteiger charge is -2.57. The van der Waals surface area contributed by atoms with Crippen molar-refractivity contribution in [2.24, 2.45) is 28.7 Å². The molecule has 5 rings (SSSR count). The van der Waals surface area contributed by atoms with E-state index in [0.717, 1.165) is 29.9 Å². The molecule has 2 nitrogen and oxygen atoms in total. The Labute approximate surface area is 146 Å². The molecule has 0 aliphatic heterocycles. The third-order valence-corrected chi connectivity index (χ3v) is 6.59. The van der Waals surface area contributed by atoms with E-state index in [-0.39, 0.29) is 5.41 Å². The Balaban J connectivity index is 1.70. The van der Waals surface area contributed by atoms with Crippen molar-refractivity contribution in [2.45, 2.75) is 64.7 Å². The Morgan fingerprint density at radius 2 is 1.71 bits per heavy atom. The second-order valence-electron chi connectivity index (χ2n) is 9.34. The molecule has 130 valence electrons. The molecule has 0 amide bonds. The Bertz CT molecular complexity index is 623. The average molecular weight is 325 g/mol. The molecule has 4 saturated carbocycles. The van der Waals surface area contributed by atoms with Gasteiger partial charge in [-0.15, -0.1) is 0 Å². The fraction of sp³-hybridized carbons (Fsp3) is 0.682. The summed E-state index contributed by atoms with van der Waals surface area (Å²) >= 11 is 0. The molecule has 24 heavy (non-hydrogen) atoms. The van der Waals surface area contributed by atoms with Gasteiger partial charge in [-0.1, -0.05) is 19.9 Å². The first-order chi connectivity index (χ1) is 11.4. The van der Waals surface area contributed by atoms with Gasteiger partial charge < -0.3 is 5.11 Å². The van der Waals surface area contributed by atoms with Crippen LogP contribution in [0.2, 0.25) is 0 Å². The standard InChI is InChI=1S/C22H31NO/c1-14(2)12-23-13-19-4-15(3)5-20(21(19)24)22-9-16-6-17(10-22)8-18(7-16)11-22/h4-5,13-14,16-18,24H,6-12H2,1-3H3. The van der Waals surface area contributed by atoms with Crippen molar-refractivity contribution >= 4 is 6.21 Å². The lowest BCUT2D eigenvalue weighted by Crippen LogP contribution is -2.48. The molecule has 1 aromatic carbocycles. The van der Waals surface area contributed by atoms with Gasteiger partial charge in [0.25, 0.3) is 0 Å². The predicted molar refractivity (Wildman–Crippen MR) is 100.0 cm³/mol. The van der Waals surface area contributed by atoms with Crippen LogP contribution < -0.4 is 0 Å². The lowest BCUT2D eigenvalue weighted by molar-refractivity contribution is -0.00616. The highest BCUT2D eigenvalue weighted by molar-refractivity contribution is 5.84. The van der Waals surface area contributed by atoms with Crippen LogP contribution in [0.5, 0.6) is 5.75 Å². The fourth-order valence-corrected chi connectivity index (χ4v) is 6.11. The number of aromatic hydroxyl groups is 1. The predicted octanol–water partition coefficient (Wildman–Crippen LogP) is 5.24. The summed E-state index contributed by atoms with van der Waals surface area (Å²) in [7, 11) is 0. The summed E-state index contributed by atoms with van der Waals surface area (Å²) in [4.78, 5) is 4.55. The third kappa shape index (κ3) is 2.78. The van der Waals surface area contributed by atoms with Crippen molar-refractivity contribution in [2.75, 3.05) is 6.54 Å². The van der Waals surface area contributed by atoms with Crippen LogP contribution in [0.25, 0.3) is 0 Å². The van der Waals surface area contributed by atoms with E-state index in [4.69, 9.17) is 0 Å². The van der Waals surface area contributed by atoms with Crippen LogP contribution in [0, 0.1) is 30.6 Å². The number of benzene rings is 1. The molecule has 4 bridgehead atoms. The number of aryl methyl sites for hydroxylation is 1. The summed E-state index contributed by atoms with van der Waals surface area (Å²) < 4.78 is 0. The monoisotopic (exact) mass is 325 g/mol. The van der Waals surface area contributed by atoms with Crippen molar-refractivity contribution in [3.63, 3.8) is 0 Å². The van der Waals surface area contributed by atoms with Gasteiger partial charge in [-0.2, -0.15) is 0 Å². The zero-order valence-corrected chi connectivity index (χ0v) is 15.4. The van der Waals surface area contributed by atoms with E-state index in [2.05, 4.69) is 37.9 Å². The van der Waals surface area contributed by atoms with E-state index in [1.807, 2.05) is 6.21 Å². The first kappa shape index (κ1) is 16.2. The second-order valence-corrected chi connectivity index (χ2v) is 9.34. The maximum absolute atomic E-state index is 11.0. The van der Waals surface area contributed by atoms with Gasteiger partial charge >= 0.3 is 0 Å². The van der Waals surface area contributed by atoms with Gasteiger partial charge in [0.05, 0.1) is 0 Å². The first-order valence-electron chi connectivity index (χ1n) is 9.79. The molecule has 4 aliphatic rings. The molecular weight excluding hydrogens is 294 g/mol. The van der Waals surface area contributed by atoms with Crippen LogP contribution >= 0.6 is 0 Å². The second kappa shape index (κ2) is 5.89. The normalized spacial score (nSPS) is 34.6. The molecule has 0 radical (unpaired) electrons. The van der Waals surface area contributed by atoms with Crippen LogP contribution in [-0.2, 0) is 5.41 Å². The van der Waals surface area contributed by atoms with E-state index < -0.39 is 0 Å². The van der Waals surface area contributed by atoms with Crippen LogP contribution in [-0.4, -0.2) is 17.9 Å². The summed E-state index contributed by atoms with van der Waals surface area (Å²) in [6.45, 7) is 7.33. The minimum absolute atomic E-state index is 0.242. The smallest absolute Gasteiger partial charge is 0.128 e. The first-order valence-corrected chi connectivity index (χ1v) is 9.79. The molecule has 0 unspecified atom stereocenters. The summed E-state index contributed by atoms with van der Waals surface area (Å²) in [6.07, 6.45) is 10.1. The van der Waals surface area contributed by atoms with Crippen LogP contribution in [0.1, 0.15) is 69.1 Å². The van der Waals surface area contributed by atoms with E-state index in [1.165, 1.54) is 49.7 Å². The van der Waals surface area contributed by atoms with Crippen molar-refractivity contribution in [1.82, 2.24) is 0 Å². The molecule has 2 heteroatoms. The molecule has 0 spiro atoms. The highest BCUT2D eigenvalue weighted by atomic mass is 16.3. The van der Waals surface area contributed by atoms with E-state index in [0.29, 0.717) is 11.7 Å². The van der Waals surface area contributed by atoms with Gasteiger partial charge in [-0.3, -0.25) is 4.99 Å². The van der Waals surface area contributed by atoms with Crippen LogP contribution in [0.3, 0.4) is 0 Å². The van der Waals surface area contributed by atoms with Crippen molar-refractivity contribution in [1.29, 1.82) is 0 Å². The molecule has 0 heterocycles. The van der Waals surface area contributed by atoms with Crippen molar-refractivity contribution in [3.8, 4) is 5.75 Å². The zero-order valence-electron chi connectivity index (χ0n) is 15.4. The largest absolute Gasteiger partial charge is 0.507 e. The molecule has 4 fully saturated rings. The van der Waals surface area contributed by atoms with Crippen LogP contribution in [0.4, 0.5) is 0 Å². The number of hydrogen-bond acceptors (Lipinski definition) is 2. The van der Waals surface area contributed by atoms with E-state index >= 15 is 0 Å². The van der Waals surface area contributed by atoms with Crippen LogP contribution in [0.15, 0.2) is 17.1 Å². The Kier molecular flexibility index (Phi) is 3.97. The van der Waals surface area contributed by atoms with E-state index in [9.17, 15) is 5.11 Å². The third-order valence-electron chi connectivity index (χ3n) is 6.59. The number of phenolic OH excluding ortho intramolecular Hbond substituents is 1. The average Bonchev–Trinajstić information content (AvgIpc) is 2.48. The molecule has 0 atom stereocenters. The number of hydrogen-bond donors (Lipinski definition) is 1. The number of nitrogens with zero attached hydrogens (tertiary/aromatic N) is 1. The van der Waals surface area contributed by atoms with E-state index in [1.54, 1.807) is 0 Å². The maximum Gasteiger partial charge on any atom is 0.128 e. The highest BCUT2D eigenvalue weighted by Gasteiger charge is 2.52. The van der Waals surface area contributed by atoms with Crippen molar-refractivity contribution < 1.29 is 5.11 Å². The molecule has 1 aromatic rings. The minimum Gasteiger partial charge on any atom is -0.507 e. The Morgan fingerprint density at radius 3 is 2.25 bits per heavy atom. The number of phenols is 1. The van der Waals surface area contributed by atoms with Gasteiger partial charge in [-0.05, 0) is 86.2 Å². The topological polar surface area (TPSA) is 32.6 Å². The summed E-state index contributed by atoms with van der Waals surface area (Å²) in [5.74, 6) is 3.75. The molecular formula is C22H31NO. The van der Waals surface area contributed by atoms with Gasteiger partial charge in [0.2, 0.25) is 0 Å². The molecule has 1 N–H and O–H groups in total. The molecule has 0 saturated heterocycles. The summed E-state index contributed by atoms with van der Waals surface area (Å²) in [5.41, 5.74) is 3.64. The minimum atomic E-state index is 0.242. The summed E-state index contributed by atoms with van der Waals surface area (Å²) in [5, 5.41) is 11.0. The van der Waals surface area contributed by atoms with Gasteiger partial charge in [-0.25, -0.2) is 0 Å². The fourth-order valence-electron chi connectivity index (χ4n) is 6.11. The highest BCUT2D eigenvalue weighted by Crippen LogP contribution is 2.62. The van der Waals surface area contributed by atoms with Crippen molar-refractivity contribution in [3.05, 3.63) is 28.8 Å². The number of rotatable bonds is 4. The molecule has 0 aromatic heterocycles. The van der Waals surface area contributed by atoms with Gasteiger partial charge in [0.15, 0.2) is 0 Å². The van der Waals surface area contributed by atoms with Gasteiger partial charge in [0.1, 0.15) is 5.75 Å². The summed E-state index contributed by atoms with van der Waals surface area (Å²) in [6, 6.07) is 4.35. The maximum atomic E-state index is 11.0. The Morgan fingerprint density at radius 1 is 1.12 bits per heavy atom. The lowest BCUT2D eigenvalue weighted by atomic mass is 9.48. The quantitative estimate of drug-likeness (QED) is 0.754. The molecule has 4 aliphatic carbocycles. The SMILES string of the molecule is Cc1cc(C=NCC(C)C)c(O)c(C23CC4CC(CC(C4)C2)C3)c1. The van der Waals surface area contributed by atoms with Gasteiger partial charge in [0, 0.05) is 23.9 Å². The zero-order chi connectivity index (χ0) is 16.9. The number of aliphatic imine (C=N–C) groups is 1.